The number of carbonyl (C=O) groups is 1. The zero-order valence-corrected chi connectivity index (χ0v) is 17.5. The molecule has 29 heavy (non-hydrogen) atoms. The first-order valence-electron chi connectivity index (χ1n) is 8.99. The monoisotopic (exact) mass is 428 g/mol. The zero-order chi connectivity index (χ0) is 20.9. The van der Waals surface area contributed by atoms with Gasteiger partial charge in [0.15, 0.2) is 0 Å². The van der Waals surface area contributed by atoms with Crippen LogP contribution in [0.3, 0.4) is 0 Å². The number of likely N-dealkylation sites (N-methyl/N-ethyl adjacent to an activating group) is 1. The molecule has 0 atom stereocenters. The molecule has 0 unspecified atom stereocenters. The average Bonchev–Trinajstić information content (AvgIpc) is 2.74. The van der Waals surface area contributed by atoms with E-state index in [4.69, 9.17) is 11.6 Å². The number of hydrogen-bond acceptors (Lipinski definition) is 3. The van der Waals surface area contributed by atoms with Crippen molar-refractivity contribution in [3.63, 3.8) is 0 Å². The quantitative estimate of drug-likeness (QED) is 0.566. The lowest BCUT2D eigenvalue weighted by Crippen LogP contribution is -2.41. The Morgan fingerprint density at radius 1 is 0.862 bits per heavy atom. The molecule has 7 heteroatoms. The van der Waals surface area contributed by atoms with Crippen LogP contribution in [-0.4, -0.2) is 32.8 Å². The van der Waals surface area contributed by atoms with E-state index in [1.54, 1.807) is 67.7 Å². The molecule has 0 N–H and O–H groups in total. The van der Waals surface area contributed by atoms with Gasteiger partial charge in [-0.1, -0.05) is 60.1 Å². The summed E-state index contributed by atoms with van der Waals surface area (Å²) in [7, 11) is -2.24. The minimum absolute atomic E-state index is 0.136. The molecule has 0 aliphatic carbocycles. The number of benzene rings is 3. The summed E-state index contributed by atoms with van der Waals surface area (Å²) in [6, 6.07) is 23.9. The fourth-order valence-corrected chi connectivity index (χ4v) is 4.39. The van der Waals surface area contributed by atoms with Crippen molar-refractivity contribution < 1.29 is 13.2 Å². The summed E-state index contributed by atoms with van der Waals surface area (Å²) in [6.45, 7) is 0.0509. The van der Waals surface area contributed by atoms with Crippen molar-refractivity contribution >= 4 is 33.2 Å². The molecule has 3 aromatic carbocycles. The van der Waals surface area contributed by atoms with Crippen LogP contribution in [0.1, 0.15) is 5.56 Å². The van der Waals surface area contributed by atoms with Gasteiger partial charge in [0.2, 0.25) is 5.91 Å². The number of halogens is 1. The van der Waals surface area contributed by atoms with Crippen molar-refractivity contribution in [3.05, 3.63) is 95.5 Å². The lowest BCUT2D eigenvalue weighted by atomic mass is 10.2. The van der Waals surface area contributed by atoms with Gasteiger partial charge in [-0.3, -0.25) is 9.10 Å². The standard InChI is InChI=1S/C22H21ClN2O3S/c1-24(16-18-12-14-19(23)15-13-18)22(26)17-25(20-8-4-2-5-9-20)29(27,28)21-10-6-3-7-11-21/h2-15H,16-17H2,1H3. The lowest BCUT2D eigenvalue weighted by molar-refractivity contribution is -0.128. The molecule has 0 saturated heterocycles. The van der Waals surface area contributed by atoms with E-state index in [9.17, 15) is 13.2 Å². The highest BCUT2D eigenvalue weighted by atomic mass is 35.5. The van der Waals surface area contributed by atoms with Gasteiger partial charge in [0.05, 0.1) is 10.6 Å². The largest absolute Gasteiger partial charge is 0.340 e. The fraction of sp³-hybridized carbons (Fsp3) is 0.136. The third-order valence-electron chi connectivity index (χ3n) is 4.41. The molecule has 0 heterocycles. The molecule has 3 rings (SSSR count). The molecule has 0 fully saturated rings. The summed E-state index contributed by atoms with van der Waals surface area (Å²) in [4.78, 5) is 14.5. The maximum absolute atomic E-state index is 13.2. The van der Waals surface area contributed by atoms with Crippen LogP contribution in [-0.2, 0) is 21.4 Å². The first-order chi connectivity index (χ1) is 13.9. The minimum atomic E-state index is -3.89. The van der Waals surface area contributed by atoms with Crippen molar-refractivity contribution in [1.82, 2.24) is 4.90 Å². The van der Waals surface area contributed by atoms with E-state index in [1.807, 2.05) is 12.1 Å². The minimum Gasteiger partial charge on any atom is -0.340 e. The Hall–Kier alpha value is -2.83. The Labute approximate surface area is 176 Å². The van der Waals surface area contributed by atoms with E-state index in [-0.39, 0.29) is 17.3 Å². The number of hydrogen-bond donors (Lipinski definition) is 0. The van der Waals surface area contributed by atoms with Crippen LogP contribution in [0.4, 0.5) is 5.69 Å². The number of para-hydroxylation sites is 1. The van der Waals surface area contributed by atoms with Crippen molar-refractivity contribution in [3.8, 4) is 0 Å². The number of carbonyl (C=O) groups excluding carboxylic acids is 1. The van der Waals surface area contributed by atoms with Crippen LogP contribution in [0.2, 0.25) is 5.02 Å². The Morgan fingerprint density at radius 3 is 2.00 bits per heavy atom. The summed E-state index contributed by atoms with van der Waals surface area (Å²) in [5.41, 5.74) is 1.34. The highest BCUT2D eigenvalue weighted by molar-refractivity contribution is 7.92. The van der Waals surface area contributed by atoms with E-state index >= 15 is 0 Å². The summed E-state index contributed by atoms with van der Waals surface area (Å²) >= 11 is 5.90. The highest BCUT2D eigenvalue weighted by Crippen LogP contribution is 2.23. The van der Waals surface area contributed by atoms with Crippen LogP contribution in [0.25, 0.3) is 0 Å². The molecule has 0 aliphatic rings. The van der Waals surface area contributed by atoms with Crippen molar-refractivity contribution in [1.29, 1.82) is 0 Å². The maximum atomic E-state index is 13.2. The zero-order valence-electron chi connectivity index (χ0n) is 15.9. The second-order valence-electron chi connectivity index (χ2n) is 6.54. The van der Waals surface area contributed by atoms with Gasteiger partial charge in [-0.25, -0.2) is 8.42 Å². The van der Waals surface area contributed by atoms with Crippen LogP contribution >= 0.6 is 11.6 Å². The molecular formula is C22H21ClN2O3S. The van der Waals surface area contributed by atoms with E-state index in [1.165, 1.54) is 17.0 Å². The van der Waals surface area contributed by atoms with Crippen molar-refractivity contribution in [2.45, 2.75) is 11.4 Å². The predicted octanol–water partition coefficient (Wildman–Crippen LogP) is 4.19. The molecule has 150 valence electrons. The Bertz CT molecular complexity index is 1060. The second-order valence-corrected chi connectivity index (χ2v) is 8.84. The summed E-state index contributed by atoms with van der Waals surface area (Å²) in [5, 5.41) is 0.618. The Morgan fingerprint density at radius 2 is 1.41 bits per heavy atom. The van der Waals surface area contributed by atoms with E-state index < -0.39 is 10.0 Å². The fourth-order valence-electron chi connectivity index (χ4n) is 2.82. The predicted molar refractivity (Wildman–Crippen MR) is 115 cm³/mol. The Balaban J connectivity index is 1.85. The lowest BCUT2D eigenvalue weighted by Gasteiger charge is -2.26. The molecule has 3 aromatic rings. The molecule has 0 aromatic heterocycles. The number of nitrogens with zero attached hydrogens (tertiary/aromatic N) is 2. The van der Waals surface area contributed by atoms with Crippen LogP contribution < -0.4 is 4.31 Å². The first kappa shape index (κ1) is 20.9. The summed E-state index contributed by atoms with van der Waals surface area (Å²) < 4.78 is 27.6. The molecular weight excluding hydrogens is 408 g/mol. The van der Waals surface area contributed by atoms with Crippen LogP contribution in [0.15, 0.2) is 89.8 Å². The normalized spacial score (nSPS) is 11.1. The van der Waals surface area contributed by atoms with E-state index in [0.717, 1.165) is 9.87 Å². The van der Waals surface area contributed by atoms with Gasteiger partial charge in [0.1, 0.15) is 6.54 Å². The van der Waals surface area contributed by atoms with Crippen LogP contribution in [0, 0.1) is 0 Å². The number of rotatable bonds is 7. The van der Waals surface area contributed by atoms with Gasteiger partial charge in [0.25, 0.3) is 10.0 Å². The summed E-state index contributed by atoms with van der Waals surface area (Å²) in [5.74, 6) is -0.316. The second kappa shape index (κ2) is 9.11. The van der Waals surface area contributed by atoms with Gasteiger partial charge in [-0.15, -0.1) is 0 Å². The molecule has 0 bridgehead atoms. The SMILES string of the molecule is CN(Cc1ccc(Cl)cc1)C(=O)CN(c1ccccc1)S(=O)(=O)c1ccccc1. The Kier molecular flexibility index (Phi) is 6.56. The third kappa shape index (κ3) is 5.16. The topological polar surface area (TPSA) is 57.7 Å². The van der Waals surface area contributed by atoms with Gasteiger partial charge in [0, 0.05) is 18.6 Å². The van der Waals surface area contributed by atoms with Crippen molar-refractivity contribution in [2.24, 2.45) is 0 Å². The molecule has 0 radical (unpaired) electrons. The van der Waals surface area contributed by atoms with Gasteiger partial charge in [-0.2, -0.15) is 0 Å². The molecule has 5 nitrogen and oxygen atoms in total. The van der Waals surface area contributed by atoms with Gasteiger partial charge in [-0.05, 0) is 42.0 Å². The molecule has 0 saturated carbocycles. The van der Waals surface area contributed by atoms with Gasteiger partial charge < -0.3 is 4.90 Å². The molecule has 0 spiro atoms. The smallest absolute Gasteiger partial charge is 0.264 e. The maximum Gasteiger partial charge on any atom is 0.264 e. The molecule has 0 aliphatic heterocycles. The summed E-state index contributed by atoms with van der Waals surface area (Å²) in [6.07, 6.45) is 0. The van der Waals surface area contributed by atoms with Crippen molar-refractivity contribution in [2.75, 3.05) is 17.9 Å². The molecule has 1 amide bonds. The van der Waals surface area contributed by atoms with Gasteiger partial charge >= 0.3 is 0 Å². The third-order valence-corrected chi connectivity index (χ3v) is 6.45. The number of amides is 1. The number of sulfonamides is 1. The first-order valence-corrected chi connectivity index (χ1v) is 10.8. The number of anilines is 1. The van der Waals surface area contributed by atoms with E-state index in [0.29, 0.717) is 17.3 Å². The average molecular weight is 429 g/mol. The van der Waals surface area contributed by atoms with E-state index in [2.05, 4.69) is 0 Å². The highest BCUT2D eigenvalue weighted by Gasteiger charge is 2.28. The van der Waals surface area contributed by atoms with Crippen LogP contribution in [0.5, 0.6) is 0 Å².